The van der Waals surface area contributed by atoms with Crippen molar-refractivity contribution in [2.24, 2.45) is 0 Å². The summed E-state index contributed by atoms with van der Waals surface area (Å²) in [7, 11) is 0. The van der Waals surface area contributed by atoms with Crippen LogP contribution in [-0.4, -0.2) is 10.2 Å². The number of halogens is 3. The third kappa shape index (κ3) is 3.08. The molecular weight excluding hydrogens is 268 g/mol. The van der Waals surface area contributed by atoms with Gasteiger partial charge >= 0.3 is 6.01 Å². The Morgan fingerprint density at radius 1 is 1.35 bits per heavy atom. The number of aromatic nitrogens is 2. The SMILES string of the molecule is CC(Cl)c1nnc(Nc2cc(F)cc(Cl)c2)o1. The lowest BCUT2D eigenvalue weighted by atomic mass is 10.3. The molecule has 0 aliphatic carbocycles. The molecule has 0 fully saturated rings. The number of hydrogen-bond acceptors (Lipinski definition) is 4. The van der Waals surface area contributed by atoms with E-state index in [0.717, 1.165) is 0 Å². The van der Waals surface area contributed by atoms with Gasteiger partial charge in [-0.25, -0.2) is 4.39 Å². The fraction of sp³-hybridized carbons (Fsp3) is 0.200. The number of nitrogens with one attached hydrogen (secondary N) is 1. The molecule has 1 heterocycles. The van der Waals surface area contributed by atoms with Gasteiger partial charge in [-0.15, -0.1) is 16.7 Å². The first kappa shape index (κ1) is 12.1. The highest BCUT2D eigenvalue weighted by Gasteiger charge is 2.11. The zero-order valence-electron chi connectivity index (χ0n) is 8.75. The van der Waals surface area contributed by atoms with Crippen LogP contribution in [0.2, 0.25) is 5.02 Å². The van der Waals surface area contributed by atoms with Crippen LogP contribution < -0.4 is 5.32 Å². The van der Waals surface area contributed by atoms with Gasteiger partial charge in [0.15, 0.2) is 0 Å². The van der Waals surface area contributed by atoms with Crippen molar-refractivity contribution in [2.45, 2.75) is 12.3 Å². The van der Waals surface area contributed by atoms with Crippen LogP contribution in [0.5, 0.6) is 0 Å². The molecule has 2 rings (SSSR count). The topological polar surface area (TPSA) is 51.0 Å². The van der Waals surface area contributed by atoms with Gasteiger partial charge in [-0.1, -0.05) is 16.7 Å². The maximum Gasteiger partial charge on any atom is 0.320 e. The Bertz CT molecular complexity index is 510. The van der Waals surface area contributed by atoms with E-state index in [4.69, 9.17) is 27.6 Å². The molecule has 1 atom stereocenters. The number of benzene rings is 1. The Morgan fingerprint density at radius 3 is 2.71 bits per heavy atom. The Kier molecular flexibility index (Phi) is 3.49. The second-order valence-corrected chi connectivity index (χ2v) is 4.44. The quantitative estimate of drug-likeness (QED) is 0.863. The minimum absolute atomic E-state index is 0.133. The predicted octanol–water partition coefficient (Wildman–Crippen LogP) is 3.91. The fourth-order valence-corrected chi connectivity index (χ4v) is 1.51. The van der Waals surface area contributed by atoms with Crippen molar-refractivity contribution >= 4 is 34.9 Å². The van der Waals surface area contributed by atoms with Gasteiger partial charge in [0.05, 0.1) is 0 Å². The van der Waals surface area contributed by atoms with E-state index in [0.29, 0.717) is 5.69 Å². The van der Waals surface area contributed by atoms with Crippen molar-refractivity contribution in [2.75, 3.05) is 5.32 Å². The molecule has 0 radical (unpaired) electrons. The van der Waals surface area contributed by atoms with E-state index < -0.39 is 5.82 Å². The zero-order valence-corrected chi connectivity index (χ0v) is 10.3. The molecule has 0 saturated heterocycles. The van der Waals surface area contributed by atoms with Gasteiger partial charge in [0.1, 0.15) is 11.2 Å². The highest BCUT2D eigenvalue weighted by molar-refractivity contribution is 6.30. The van der Waals surface area contributed by atoms with E-state index in [1.807, 2.05) is 0 Å². The average molecular weight is 276 g/mol. The van der Waals surface area contributed by atoms with E-state index >= 15 is 0 Å². The lowest BCUT2D eigenvalue weighted by Gasteiger charge is -2.02. The largest absolute Gasteiger partial charge is 0.406 e. The predicted molar refractivity (Wildman–Crippen MR) is 63.3 cm³/mol. The second-order valence-electron chi connectivity index (χ2n) is 3.34. The summed E-state index contributed by atoms with van der Waals surface area (Å²) in [5.74, 6) is -0.165. The van der Waals surface area contributed by atoms with E-state index in [2.05, 4.69) is 15.5 Å². The smallest absolute Gasteiger partial charge is 0.320 e. The molecule has 1 N–H and O–H groups in total. The Morgan fingerprint density at radius 2 is 2.12 bits per heavy atom. The monoisotopic (exact) mass is 275 g/mol. The van der Waals surface area contributed by atoms with Gasteiger partial charge in [0.25, 0.3) is 0 Å². The maximum atomic E-state index is 13.1. The first-order chi connectivity index (χ1) is 8.04. The molecule has 1 aromatic carbocycles. The molecule has 0 aliphatic heterocycles. The lowest BCUT2D eigenvalue weighted by molar-refractivity contribution is 0.510. The van der Waals surface area contributed by atoms with Crippen molar-refractivity contribution < 1.29 is 8.81 Å². The van der Waals surface area contributed by atoms with Crippen LogP contribution in [0.3, 0.4) is 0 Å². The molecule has 90 valence electrons. The Labute approximate surface area is 107 Å². The zero-order chi connectivity index (χ0) is 12.4. The van der Waals surface area contributed by atoms with E-state index in [1.165, 1.54) is 12.1 Å². The van der Waals surface area contributed by atoms with Gasteiger partial charge in [-0.05, 0) is 25.1 Å². The van der Waals surface area contributed by atoms with Crippen LogP contribution in [0.1, 0.15) is 18.2 Å². The van der Waals surface area contributed by atoms with Crippen LogP contribution in [0.15, 0.2) is 22.6 Å². The molecule has 0 amide bonds. The number of hydrogen-bond donors (Lipinski definition) is 1. The number of anilines is 2. The molecule has 0 saturated carbocycles. The van der Waals surface area contributed by atoms with Gasteiger partial charge in [0.2, 0.25) is 5.89 Å². The maximum absolute atomic E-state index is 13.1. The molecule has 1 unspecified atom stereocenters. The van der Waals surface area contributed by atoms with E-state index in [1.54, 1.807) is 13.0 Å². The fourth-order valence-electron chi connectivity index (χ4n) is 1.20. The lowest BCUT2D eigenvalue weighted by Crippen LogP contribution is -1.91. The number of alkyl halides is 1. The van der Waals surface area contributed by atoms with E-state index in [9.17, 15) is 4.39 Å². The first-order valence-electron chi connectivity index (χ1n) is 4.75. The molecular formula is C10H8Cl2FN3O. The highest BCUT2D eigenvalue weighted by Crippen LogP contribution is 2.24. The van der Waals surface area contributed by atoms with Crippen LogP contribution in [0, 0.1) is 5.82 Å². The standard InChI is InChI=1S/C10H8Cl2FN3O/c1-5(11)9-15-16-10(17-9)14-8-3-6(12)2-7(13)4-8/h2-5H,1H3,(H,14,16). The number of rotatable bonds is 3. The van der Waals surface area contributed by atoms with Gasteiger partial charge < -0.3 is 9.73 Å². The Balaban J connectivity index is 2.19. The molecule has 0 spiro atoms. The molecule has 0 aliphatic rings. The molecule has 7 heteroatoms. The van der Waals surface area contributed by atoms with Crippen molar-refractivity contribution in [1.29, 1.82) is 0 Å². The van der Waals surface area contributed by atoms with Crippen molar-refractivity contribution in [3.63, 3.8) is 0 Å². The van der Waals surface area contributed by atoms with E-state index in [-0.39, 0.29) is 22.3 Å². The first-order valence-corrected chi connectivity index (χ1v) is 5.56. The Hall–Kier alpha value is -1.33. The minimum Gasteiger partial charge on any atom is -0.406 e. The summed E-state index contributed by atoms with van der Waals surface area (Å²) in [5, 5.41) is 10.1. The van der Waals surface area contributed by atoms with Crippen molar-refractivity contribution in [3.8, 4) is 0 Å². The summed E-state index contributed by atoms with van der Waals surface area (Å²) in [5.41, 5.74) is 0.424. The molecule has 1 aromatic heterocycles. The molecule has 17 heavy (non-hydrogen) atoms. The summed E-state index contributed by atoms with van der Waals surface area (Å²) in [6.07, 6.45) is 0. The second kappa shape index (κ2) is 4.89. The molecule has 4 nitrogen and oxygen atoms in total. The normalized spacial score (nSPS) is 12.5. The molecule has 2 aromatic rings. The third-order valence-electron chi connectivity index (χ3n) is 1.89. The van der Waals surface area contributed by atoms with Crippen LogP contribution in [0.25, 0.3) is 0 Å². The average Bonchev–Trinajstić information content (AvgIpc) is 2.64. The third-order valence-corrected chi connectivity index (χ3v) is 2.30. The summed E-state index contributed by atoms with van der Waals surface area (Å²) in [6, 6.07) is 4.14. The summed E-state index contributed by atoms with van der Waals surface area (Å²) in [4.78, 5) is 0. The summed E-state index contributed by atoms with van der Waals surface area (Å²) >= 11 is 11.5. The molecule has 0 bridgehead atoms. The van der Waals surface area contributed by atoms with Crippen molar-refractivity contribution in [1.82, 2.24) is 10.2 Å². The number of nitrogens with zero attached hydrogens (tertiary/aromatic N) is 2. The van der Waals surface area contributed by atoms with Gasteiger partial charge in [-0.3, -0.25) is 0 Å². The van der Waals surface area contributed by atoms with Gasteiger partial charge in [0, 0.05) is 10.7 Å². The summed E-state index contributed by atoms with van der Waals surface area (Å²) < 4.78 is 18.2. The minimum atomic E-state index is -0.453. The van der Waals surface area contributed by atoms with Crippen LogP contribution in [-0.2, 0) is 0 Å². The van der Waals surface area contributed by atoms with Gasteiger partial charge in [-0.2, -0.15) is 0 Å². The highest BCUT2D eigenvalue weighted by atomic mass is 35.5. The summed E-state index contributed by atoms with van der Waals surface area (Å²) in [6.45, 7) is 1.71. The van der Waals surface area contributed by atoms with Crippen LogP contribution >= 0.6 is 23.2 Å². The van der Waals surface area contributed by atoms with Crippen molar-refractivity contribution in [3.05, 3.63) is 34.9 Å². The van der Waals surface area contributed by atoms with Crippen LogP contribution in [0.4, 0.5) is 16.1 Å².